The van der Waals surface area contributed by atoms with Gasteiger partial charge < -0.3 is 35.3 Å². The van der Waals surface area contributed by atoms with Gasteiger partial charge in [0.1, 0.15) is 26.3 Å². The second-order valence-electron chi connectivity index (χ2n) is 11.7. The molecule has 1 unspecified atom stereocenters. The first kappa shape index (κ1) is 38.2. The van der Waals surface area contributed by atoms with E-state index in [1.165, 1.54) is 64.1 Å². The van der Waals surface area contributed by atoms with E-state index >= 15 is 0 Å². The number of nitrogens with two attached hydrogens (primary N) is 1. The Bertz CT molecular complexity index is 1120. The van der Waals surface area contributed by atoms with E-state index in [1.54, 1.807) is 17.8 Å². The van der Waals surface area contributed by atoms with Crippen molar-refractivity contribution in [2.45, 2.75) is 116 Å². The van der Waals surface area contributed by atoms with Crippen LogP contribution >= 0.6 is 7.60 Å². The predicted octanol–water partition coefficient (Wildman–Crippen LogP) is 6.71. The molecule has 13 heteroatoms. The Kier molecular flexibility index (Phi) is 19.1. The van der Waals surface area contributed by atoms with Crippen LogP contribution in [0.3, 0.4) is 0 Å². The van der Waals surface area contributed by atoms with Crippen molar-refractivity contribution in [1.29, 1.82) is 0 Å². The maximum absolute atomic E-state index is 12.3. The number of fused-ring (bicyclic) bond motifs is 1. The molecule has 2 aromatic rings. The summed E-state index contributed by atoms with van der Waals surface area (Å²) in [7, 11) is -5.04. The summed E-state index contributed by atoms with van der Waals surface area (Å²) < 4.78 is 30.5. The van der Waals surface area contributed by atoms with Gasteiger partial charge in [-0.15, -0.1) is 11.5 Å². The van der Waals surface area contributed by atoms with Gasteiger partial charge in [-0.1, -0.05) is 71.0 Å². The zero-order valence-electron chi connectivity index (χ0n) is 26.4. The molecule has 240 valence electrons. The molecular formula is C29H55N6O5PSi. The van der Waals surface area contributed by atoms with E-state index in [4.69, 9.17) is 19.7 Å². The van der Waals surface area contributed by atoms with Crippen molar-refractivity contribution < 1.29 is 23.5 Å². The quantitative estimate of drug-likeness (QED) is 0.0552. The molecule has 0 amide bonds. The Morgan fingerprint density at radius 1 is 0.952 bits per heavy atom. The van der Waals surface area contributed by atoms with E-state index < -0.39 is 15.7 Å². The Morgan fingerprint density at radius 3 is 2.24 bits per heavy atom. The topological polar surface area (TPSA) is 170 Å². The number of imidazole rings is 1. The number of anilines is 1. The van der Waals surface area contributed by atoms with Gasteiger partial charge in [-0.3, -0.25) is 4.57 Å². The number of aromatic nitrogens is 4. The highest BCUT2D eigenvalue weighted by molar-refractivity contribution is 7.52. The molecule has 2 heterocycles. The van der Waals surface area contributed by atoms with E-state index in [-0.39, 0.29) is 25.2 Å². The van der Waals surface area contributed by atoms with E-state index in [1.807, 2.05) is 0 Å². The summed E-state index contributed by atoms with van der Waals surface area (Å²) >= 11 is 0. The summed E-state index contributed by atoms with van der Waals surface area (Å²) in [6.07, 6.45) is 16.5. The van der Waals surface area contributed by atoms with Gasteiger partial charge in [-0.25, -0.2) is 15.0 Å². The van der Waals surface area contributed by atoms with Crippen molar-refractivity contribution in [2.24, 2.45) is 0 Å². The molecule has 0 spiro atoms. The molecule has 11 nitrogen and oxygen atoms in total. The van der Waals surface area contributed by atoms with Crippen molar-refractivity contribution >= 4 is 32.7 Å². The highest BCUT2D eigenvalue weighted by atomic mass is 31.2. The van der Waals surface area contributed by atoms with Gasteiger partial charge in [0, 0.05) is 19.6 Å². The summed E-state index contributed by atoms with van der Waals surface area (Å²) in [5.41, 5.74) is 10.4. The van der Waals surface area contributed by atoms with Gasteiger partial charge >= 0.3 is 7.60 Å². The van der Waals surface area contributed by atoms with E-state index in [9.17, 15) is 9.46 Å². The third kappa shape index (κ3) is 17.3. The molecule has 0 aliphatic rings. The third-order valence-electron chi connectivity index (χ3n) is 6.44. The summed E-state index contributed by atoms with van der Waals surface area (Å²) in [6, 6.07) is 0. The standard InChI is InChI=1S/C29H52N5O5PSi.H3N/c1-26(22-34-24-33-27-28(30)31-23-32-29(27)34)38-25-40(35,36)39-20-17-19-37-18-15-13-11-9-7-5-6-8-10-12-14-16-21-41(2,3)4;/h23-24,26H,5-15,17-20,22,25H2,1-4H3,(H,35,36)(H2,30,31,32);1H3/t26-;/m1./s1. The number of unbranched alkanes of at least 4 members (excludes halogenated alkanes) is 10. The Morgan fingerprint density at radius 2 is 1.57 bits per heavy atom. The molecule has 0 aromatic carbocycles. The highest BCUT2D eigenvalue weighted by Gasteiger charge is 2.21. The Balaban J connectivity index is 0.00000882. The van der Waals surface area contributed by atoms with Crippen LogP contribution in [0.5, 0.6) is 0 Å². The lowest BCUT2D eigenvalue weighted by Crippen LogP contribution is -2.17. The zero-order valence-corrected chi connectivity index (χ0v) is 28.2. The lowest BCUT2D eigenvalue weighted by atomic mass is 10.1. The van der Waals surface area contributed by atoms with Gasteiger partial charge in [0.25, 0.3) is 0 Å². The number of rotatable bonds is 22. The van der Waals surface area contributed by atoms with Crippen molar-refractivity contribution in [2.75, 3.05) is 31.9 Å². The summed E-state index contributed by atoms with van der Waals surface area (Å²) in [5, 5.41) is 0. The number of nitrogen functional groups attached to an aromatic ring is 1. The second-order valence-corrected chi connectivity index (χ2v) is 18.2. The first-order chi connectivity index (χ1) is 19.6. The fraction of sp³-hybridized carbons (Fsp3) is 0.759. The van der Waals surface area contributed by atoms with Crippen LogP contribution in [0.4, 0.5) is 5.82 Å². The monoisotopic (exact) mass is 626 g/mol. The predicted molar refractivity (Wildman–Crippen MR) is 173 cm³/mol. The minimum Gasteiger partial charge on any atom is -0.382 e. The van der Waals surface area contributed by atoms with Gasteiger partial charge in [-0.2, -0.15) is 0 Å². The largest absolute Gasteiger partial charge is 0.382 e. The number of hydrogen-bond acceptors (Lipinski definition) is 9. The van der Waals surface area contributed by atoms with Crippen LogP contribution in [0.1, 0.15) is 84.0 Å². The molecule has 2 atom stereocenters. The molecule has 0 bridgehead atoms. The SMILES string of the molecule is C[C@H](Cn1cnc2c(N)ncnc21)OCP(=O)(O)OCCCOCCCCCCCCCCCCC#C[Si](C)(C)C.N. The molecule has 0 aliphatic carbocycles. The first-order valence-electron chi connectivity index (χ1n) is 15.1. The van der Waals surface area contributed by atoms with Crippen LogP contribution in [0.2, 0.25) is 19.6 Å². The van der Waals surface area contributed by atoms with E-state index in [2.05, 4.69) is 46.1 Å². The van der Waals surface area contributed by atoms with Crippen LogP contribution in [-0.2, 0) is 25.1 Å². The highest BCUT2D eigenvalue weighted by Crippen LogP contribution is 2.42. The maximum Gasteiger partial charge on any atom is 0.353 e. The number of ether oxygens (including phenoxy) is 2. The van der Waals surface area contributed by atoms with Crippen LogP contribution in [0.15, 0.2) is 12.7 Å². The van der Waals surface area contributed by atoms with Crippen LogP contribution < -0.4 is 11.9 Å². The zero-order chi connectivity index (χ0) is 30.0. The maximum atomic E-state index is 12.3. The van der Waals surface area contributed by atoms with Crippen LogP contribution in [-0.4, -0.2) is 64.8 Å². The first-order valence-corrected chi connectivity index (χ1v) is 20.4. The van der Waals surface area contributed by atoms with Crippen molar-refractivity contribution in [3.63, 3.8) is 0 Å². The fourth-order valence-electron chi connectivity index (χ4n) is 4.25. The summed E-state index contributed by atoms with van der Waals surface area (Å²) in [4.78, 5) is 22.4. The fourth-order valence-corrected chi connectivity index (χ4v) is 5.84. The summed E-state index contributed by atoms with van der Waals surface area (Å²) in [5.74, 6) is 3.67. The molecule has 0 saturated carbocycles. The smallest absolute Gasteiger partial charge is 0.353 e. The van der Waals surface area contributed by atoms with Crippen molar-refractivity contribution in [3.05, 3.63) is 12.7 Å². The van der Waals surface area contributed by atoms with Crippen molar-refractivity contribution in [3.8, 4) is 11.5 Å². The molecular weight excluding hydrogens is 571 g/mol. The number of hydrogen-bond donors (Lipinski definition) is 3. The van der Waals surface area contributed by atoms with Gasteiger partial charge in [0.05, 0.1) is 25.6 Å². The third-order valence-corrected chi connectivity index (χ3v) is 8.42. The van der Waals surface area contributed by atoms with Gasteiger partial charge in [-0.05, 0) is 26.2 Å². The molecule has 0 radical (unpaired) electrons. The van der Waals surface area contributed by atoms with Gasteiger partial charge in [0.15, 0.2) is 11.5 Å². The Labute approximate surface area is 253 Å². The van der Waals surface area contributed by atoms with E-state index in [0.29, 0.717) is 36.6 Å². The minimum atomic E-state index is -3.84. The number of nitrogens with zero attached hydrogens (tertiary/aromatic N) is 4. The lowest BCUT2D eigenvalue weighted by Gasteiger charge is -2.17. The molecule has 0 fully saturated rings. The average Bonchev–Trinajstić information content (AvgIpc) is 3.32. The van der Waals surface area contributed by atoms with Crippen molar-refractivity contribution in [1.82, 2.24) is 25.7 Å². The minimum absolute atomic E-state index is 0. The van der Waals surface area contributed by atoms with Gasteiger partial charge in [0.2, 0.25) is 0 Å². The molecule has 42 heavy (non-hydrogen) atoms. The normalized spacial score (nSPS) is 13.7. The second kappa shape index (κ2) is 21.0. The average molecular weight is 627 g/mol. The molecule has 0 aliphatic heterocycles. The molecule has 2 aromatic heterocycles. The lowest BCUT2D eigenvalue weighted by molar-refractivity contribution is 0.0688. The molecule has 2 rings (SSSR count). The van der Waals surface area contributed by atoms with E-state index in [0.717, 1.165) is 19.4 Å². The summed E-state index contributed by atoms with van der Waals surface area (Å²) in [6.45, 7) is 10.5. The molecule has 0 saturated heterocycles. The van der Waals surface area contributed by atoms with Crippen LogP contribution in [0.25, 0.3) is 11.2 Å². The Hall–Kier alpha value is -1.84. The molecule has 6 N–H and O–H groups in total. The van der Waals surface area contributed by atoms with Crippen LogP contribution in [0, 0.1) is 11.5 Å².